The van der Waals surface area contributed by atoms with Crippen LogP contribution in [0.1, 0.15) is 40.9 Å². The molecular formula is C34H30N4O. The average molecular weight is 511 g/mol. The van der Waals surface area contributed by atoms with Gasteiger partial charge in [-0.2, -0.15) is 5.10 Å². The van der Waals surface area contributed by atoms with Gasteiger partial charge < -0.3 is 4.90 Å². The Labute approximate surface area is 229 Å². The topological polar surface area (TPSA) is 51.0 Å². The lowest BCUT2D eigenvalue weighted by Crippen LogP contribution is -2.50. The number of hydrogen-bond acceptors (Lipinski definition) is 4. The fraction of sp³-hybridized carbons (Fsp3) is 0.147. The van der Waals surface area contributed by atoms with Crippen LogP contribution in [0, 0.1) is 0 Å². The molecule has 3 heterocycles. The summed E-state index contributed by atoms with van der Waals surface area (Å²) in [5.41, 5.74) is 5.59. The normalized spacial score (nSPS) is 15.0. The van der Waals surface area contributed by atoms with Gasteiger partial charge in [-0.1, -0.05) is 97.1 Å². The van der Waals surface area contributed by atoms with Crippen LogP contribution in [0.5, 0.6) is 0 Å². The molecule has 5 heteroatoms. The maximum absolute atomic E-state index is 12.9. The number of Topliss-reactive ketones (excluding diaryl/α,β-unsaturated/α-hetero) is 1. The van der Waals surface area contributed by atoms with Gasteiger partial charge in [0.2, 0.25) is 0 Å². The van der Waals surface area contributed by atoms with Gasteiger partial charge in [0, 0.05) is 37.5 Å². The summed E-state index contributed by atoms with van der Waals surface area (Å²) in [6.45, 7) is 1.20. The molecule has 0 N–H and O–H groups in total. The molecule has 0 saturated carbocycles. The SMILES string of the molecule is O=C1CCN(C(c2ccccc2)(c2ccccc2)c2ccccc2)C(=Cc2ccn(Cc3ccccn3)n2)C1. The minimum atomic E-state index is -0.618. The lowest BCUT2D eigenvalue weighted by molar-refractivity contribution is -0.120. The Hall–Kier alpha value is -4.77. The van der Waals surface area contributed by atoms with Gasteiger partial charge in [-0.3, -0.25) is 14.5 Å². The van der Waals surface area contributed by atoms with Crippen molar-refractivity contribution in [3.05, 3.63) is 161 Å². The molecule has 0 spiro atoms. The zero-order valence-electron chi connectivity index (χ0n) is 21.7. The maximum atomic E-state index is 12.9. The van der Waals surface area contributed by atoms with Crippen LogP contribution in [0.4, 0.5) is 0 Å². The number of carbonyl (C=O) groups excluding carboxylic acids is 1. The molecule has 0 atom stereocenters. The number of hydrogen-bond donors (Lipinski definition) is 0. The van der Waals surface area contributed by atoms with Crippen LogP contribution in [0.3, 0.4) is 0 Å². The van der Waals surface area contributed by atoms with E-state index in [1.807, 2.05) is 35.1 Å². The van der Waals surface area contributed by atoms with Crippen molar-refractivity contribution in [2.24, 2.45) is 0 Å². The molecule has 0 radical (unpaired) electrons. The van der Waals surface area contributed by atoms with E-state index in [0.717, 1.165) is 33.8 Å². The van der Waals surface area contributed by atoms with Gasteiger partial charge in [0.25, 0.3) is 0 Å². The van der Waals surface area contributed by atoms with Crippen LogP contribution in [-0.4, -0.2) is 32.0 Å². The Bertz CT molecular complexity index is 1460. The van der Waals surface area contributed by atoms with E-state index in [2.05, 4.69) is 107 Å². The Morgan fingerprint density at radius 1 is 0.744 bits per heavy atom. The highest BCUT2D eigenvalue weighted by molar-refractivity contribution is 5.83. The number of ketones is 1. The van der Waals surface area contributed by atoms with E-state index in [9.17, 15) is 4.79 Å². The molecule has 39 heavy (non-hydrogen) atoms. The molecule has 3 aromatic carbocycles. The fourth-order valence-electron chi connectivity index (χ4n) is 5.65. The van der Waals surface area contributed by atoms with Gasteiger partial charge in [-0.15, -0.1) is 0 Å². The second kappa shape index (κ2) is 10.9. The number of nitrogens with zero attached hydrogens (tertiary/aromatic N) is 4. The van der Waals surface area contributed by atoms with E-state index in [-0.39, 0.29) is 5.78 Å². The van der Waals surface area contributed by atoms with Gasteiger partial charge in [0.05, 0.1) is 17.9 Å². The molecule has 1 aliphatic rings. The summed E-state index contributed by atoms with van der Waals surface area (Å²) in [6.07, 6.45) is 6.70. The van der Waals surface area contributed by atoms with Crippen LogP contribution in [-0.2, 0) is 16.9 Å². The summed E-state index contributed by atoms with van der Waals surface area (Å²) in [6, 6.07) is 39.7. The molecule has 1 saturated heterocycles. The average Bonchev–Trinajstić information content (AvgIpc) is 3.43. The summed E-state index contributed by atoms with van der Waals surface area (Å²) >= 11 is 0. The molecular weight excluding hydrogens is 480 g/mol. The van der Waals surface area contributed by atoms with E-state index in [0.29, 0.717) is 25.9 Å². The molecule has 5 nitrogen and oxygen atoms in total. The van der Waals surface area contributed by atoms with Crippen molar-refractivity contribution in [2.75, 3.05) is 6.54 Å². The predicted molar refractivity (Wildman–Crippen MR) is 154 cm³/mol. The lowest BCUT2D eigenvalue weighted by atomic mass is 9.74. The Balaban J connectivity index is 1.50. The third-order valence-electron chi connectivity index (χ3n) is 7.34. The highest BCUT2D eigenvalue weighted by Gasteiger charge is 2.44. The first kappa shape index (κ1) is 24.6. The van der Waals surface area contributed by atoms with E-state index in [1.54, 1.807) is 6.20 Å². The summed E-state index contributed by atoms with van der Waals surface area (Å²) in [4.78, 5) is 19.7. The van der Waals surface area contributed by atoms with Crippen molar-refractivity contribution in [3.8, 4) is 0 Å². The molecule has 6 rings (SSSR count). The van der Waals surface area contributed by atoms with Crippen molar-refractivity contribution in [1.82, 2.24) is 19.7 Å². The summed E-state index contributed by atoms with van der Waals surface area (Å²) < 4.78 is 1.89. The number of aromatic nitrogens is 3. The first-order chi connectivity index (χ1) is 19.2. The Kier molecular flexibility index (Phi) is 6.88. The Morgan fingerprint density at radius 3 is 1.90 bits per heavy atom. The fourth-order valence-corrected chi connectivity index (χ4v) is 5.65. The number of likely N-dealkylation sites (tertiary alicyclic amines) is 1. The minimum Gasteiger partial charge on any atom is -0.356 e. The van der Waals surface area contributed by atoms with E-state index in [1.165, 1.54) is 0 Å². The molecule has 5 aromatic rings. The molecule has 0 unspecified atom stereocenters. The second-order valence-electron chi connectivity index (χ2n) is 9.82. The zero-order chi connectivity index (χ0) is 26.5. The number of allylic oxidation sites excluding steroid dienone is 1. The number of rotatable bonds is 7. The second-order valence-corrected chi connectivity index (χ2v) is 9.82. The zero-order valence-corrected chi connectivity index (χ0v) is 21.7. The molecule has 1 fully saturated rings. The van der Waals surface area contributed by atoms with E-state index in [4.69, 9.17) is 5.10 Å². The van der Waals surface area contributed by atoms with Gasteiger partial charge in [-0.25, -0.2) is 0 Å². The first-order valence-electron chi connectivity index (χ1n) is 13.3. The van der Waals surface area contributed by atoms with E-state index < -0.39 is 5.54 Å². The van der Waals surface area contributed by atoms with Crippen LogP contribution in [0.15, 0.2) is 133 Å². The first-order valence-corrected chi connectivity index (χ1v) is 13.3. The van der Waals surface area contributed by atoms with Gasteiger partial charge in [-0.05, 0) is 41.0 Å². The molecule has 0 aliphatic carbocycles. The molecule has 0 amide bonds. The van der Waals surface area contributed by atoms with Crippen LogP contribution in [0.25, 0.3) is 6.08 Å². The maximum Gasteiger partial charge on any atom is 0.140 e. The summed E-state index contributed by atoms with van der Waals surface area (Å²) in [5.74, 6) is 0.244. The smallest absolute Gasteiger partial charge is 0.140 e. The van der Waals surface area contributed by atoms with Crippen molar-refractivity contribution in [3.63, 3.8) is 0 Å². The van der Waals surface area contributed by atoms with Crippen molar-refractivity contribution >= 4 is 11.9 Å². The highest BCUT2D eigenvalue weighted by atomic mass is 16.1. The van der Waals surface area contributed by atoms with Gasteiger partial charge in [0.1, 0.15) is 11.3 Å². The molecule has 1 aliphatic heterocycles. The minimum absolute atomic E-state index is 0.244. The van der Waals surface area contributed by atoms with Crippen LogP contribution < -0.4 is 0 Å². The van der Waals surface area contributed by atoms with Crippen molar-refractivity contribution in [2.45, 2.75) is 24.9 Å². The van der Waals surface area contributed by atoms with Gasteiger partial charge in [0.15, 0.2) is 0 Å². The molecule has 0 bridgehead atoms. The number of benzene rings is 3. The van der Waals surface area contributed by atoms with E-state index >= 15 is 0 Å². The van der Waals surface area contributed by atoms with Crippen molar-refractivity contribution < 1.29 is 4.79 Å². The third kappa shape index (κ3) is 4.91. The van der Waals surface area contributed by atoms with Crippen LogP contribution in [0.2, 0.25) is 0 Å². The van der Waals surface area contributed by atoms with Gasteiger partial charge >= 0.3 is 0 Å². The third-order valence-corrected chi connectivity index (χ3v) is 7.34. The number of piperidine rings is 1. The largest absolute Gasteiger partial charge is 0.356 e. The standard InChI is InChI=1S/C34H30N4O/c39-33-20-23-38(32(25-33)24-30-19-22-37(36-30)26-31-18-10-11-21-35-31)34(27-12-4-1-5-13-27,28-14-6-2-7-15-28)29-16-8-3-9-17-29/h1-19,21-22,24H,20,23,25-26H2. The van der Waals surface area contributed by atoms with Crippen LogP contribution >= 0.6 is 0 Å². The quantitative estimate of drug-likeness (QED) is 0.240. The monoisotopic (exact) mass is 510 g/mol. The summed E-state index contributed by atoms with van der Waals surface area (Å²) in [5, 5.41) is 4.82. The number of pyridine rings is 1. The molecule has 2 aromatic heterocycles. The lowest BCUT2D eigenvalue weighted by Gasteiger charge is -2.49. The predicted octanol–water partition coefficient (Wildman–Crippen LogP) is 6.32. The highest BCUT2D eigenvalue weighted by Crippen LogP contribution is 2.46. The van der Waals surface area contributed by atoms with Crippen molar-refractivity contribution in [1.29, 1.82) is 0 Å². The number of carbonyl (C=O) groups is 1. The summed E-state index contributed by atoms with van der Waals surface area (Å²) in [7, 11) is 0. The Morgan fingerprint density at radius 2 is 1.33 bits per heavy atom. The molecule has 192 valence electrons.